The molecule has 1 saturated heterocycles. The molecule has 0 saturated carbocycles. The Balaban J connectivity index is 2.04. The average Bonchev–Trinajstić information content (AvgIpc) is 2.46. The van der Waals surface area contributed by atoms with Gasteiger partial charge in [0.25, 0.3) is 5.91 Å². The first kappa shape index (κ1) is 15.7. The number of carbonyl (C=O) groups is 1. The van der Waals surface area contributed by atoms with Gasteiger partial charge in [0, 0.05) is 32.7 Å². The highest BCUT2D eigenvalue weighted by molar-refractivity contribution is 5.99. The van der Waals surface area contributed by atoms with Crippen LogP contribution in [0.1, 0.15) is 24.2 Å². The van der Waals surface area contributed by atoms with Crippen molar-refractivity contribution < 1.29 is 9.18 Å². The highest BCUT2D eigenvalue weighted by atomic mass is 19.1. The molecule has 1 fully saturated rings. The second kappa shape index (κ2) is 6.87. The lowest BCUT2D eigenvalue weighted by atomic mass is 10.1. The molecule has 1 aromatic carbocycles. The van der Waals surface area contributed by atoms with E-state index >= 15 is 0 Å². The van der Waals surface area contributed by atoms with Crippen molar-refractivity contribution in [3.8, 4) is 0 Å². The van der Waals surface area contributed by atoms with E-state index in [0.717, 1.165) is 19.6 Å². The minimum Gasteiger partial charge on any atom is -0.336 e. The SMILES string of the molecule is CC(C)CN1CCN(C(=O)c2cccc(F)c2NN)CC1. The Bertz CT molecular complexity index is 498. The molecule has 0 atom stereocenters. The Labute approximate surface area is 124 Å². The Morgan fingerprint density at radius 2 is 2.00 bits per heavy atom. The van der Waals surface area contributed by atoms with Gasteiger partial charge in [-0.15, -0.1) is 0 Å². The molecule has 6 heteroatoms. The summed E-state index contributed by atoms with van der Waals surface area (Å²) in [7, 11) is 0. The van der Waals surface area contributed by atoms with E-state index in [2.05, 4.69) is 24.2 Å². The first-order chi connectivity index (χ1) is 10.0. The number of rotatable bonds is 4. The van der Waals surface area contributed by atoms with Crippen LogP contribution in [0, 0.1) is 11.7 Å². The lowest BCUT2D eigenvalue weighted by Gasteiger charge is -2.35. The Kier molecular flexibility index (Phi) is 5.14. The summed E-state index contributed by atoms with van der Waals surface area (Å²) in [4.78, 5) is 16.6. The number of anilines is 1. The zero-order valence-electron chi connectivity index (χ0n) is 12.6. The number of hydrogen-bond acceptors (Lipinski definition) is 4. The lowest BCUT2D eigenvalue weighted by Crippen LogP contribution is -2.49. The van der Waals surface area contributed by atoms with Gasteiger partial charge in [0.15, 0.2) is 0 Å². The zero-order chi connectivity index (χ0) is 15.4. The first-order valence-electron chi connectivity index (χ1n) is 7.29. The second-order valence-corrected chi connectivity index (χ2v) is 5.79. The van der Waals surface area contributed by atoms with Crippen molar-refractivity contribution >= 4 is 11.6 Å². The van der Waals surface area contributed by atoms with Gasteiger partial charge in [0.2, 0.25) is 0 Å². The van der Waals surface area contributed by atoms with E-state index in [-0.39, 0.29) is 17.2 Å². The van der Waals surface area contributed by atoms with Crippen LogP contribution in [0.25, 0.3) is 0 Å². The third-order valence-corrected chi connectivity index (χ3v) is 3.67. The van der Waals surface area contributed by atoms with Gasteiger partial charge in [-0.25, -0.2) is 4.39 Å². The molecule has 0 unspecified atom stereocenters. The zero-order valence-corrected chi connectivity index (χ0v) is 12.6. The van der Waals surface area contributed by atoms with E-state index in [0.29, 0.717) is 19.0 Å². The monoisotopic (exact) mass is 294 g/mol. The summed E-state index contributed by atoms with van der Waals surface area (Å²) in [5, 5.41) is 0. The van der Waals surface area contributed by atoms with Crippen LogP contribution in [0.4, 0.5) is 10.1 Å². The van der Waals surface area contributed by atoms with Crippen molar-refractivity contribution in [2.75, 3.05) is 38.1 Å². The minimum absolute atomic E-state index is 0.0621. The molecule has 1 aromatic rings. The molecule has 1 heterocycles. The number of hydrogen-bond donors (Lipinski definition) is 2. The molecule has 3 N–H and O–H groups in total. The van der Waals surface area contributed by atoms with Crippen molar-refractivity contribution in [2.24, 2.45) is 11.8 Å². The largest absolute Gasteiger partial charge is 0.336 e. The summed E-state index contributed by atoms with van der Waals surface area (Å²) < 4.78 is 13.7. The fourth-order valence-electron chi connectivity index (χ4n) is 2.67. The number of para-hydroxylation sites is 1. The molecule has 1 aliphatic rings. The molecule has 0 spiro atoms. The Morgan fingerprint density at radius 3 is 2.57 bits per heavy atom. The summed E-state index contributed by atoms with van der Waals surface area (Å²) in [5.74, 6) is 5.25. The highest BCUT2D eigenvalue weighted by Crippen LogP contribution is 2.21. The predicted octanol–water partition coefficient (Wildman–Crippen LogP) is 1.53. The van der Waals surface area contributed by atoms with Crippen LogP contribution in [0.15, 0.2) is 18.2 Å². The quantitative estimate of drug-likeness (QED) is 0.653. The van der Waals surface area contributed by atoms with Crippen LogP contribution in [0.5, 0.6) is 0 Å². The fourth-order valence-corrected chi connectivity index (χ4v) is 2.67. The van der Waals surface area contributed by atoms with E-state index in [1.807, 2.05) is 0 Å². The van der Waals surface area contributed by atoms with Crippen LogP contribution in [-0.2, 0) is 0 Å². The fraction of sp³-hybridized carbons (Fsp3) is 0.533. The number of benzene rings is 1. The van der Waals surface area contributed by atoms with Crippen molar-refractivity contribution in [1.29, 1.82) is 0 Å². The third-order valence-electron chi connectivity index (χ3n) is 3.67. The summed E-state index contributed by atoms with van der Waals surface area (Å²) in [6, 6.07) is 4.41. The van der Waals surface area contributed by atoms with Gasteiger partial charge in [-0.1, -0.05) is 19.9 Å². The normalized spacial score (nSPS) is 16.3. The van der Waals surface area contributed by atoms with E-state index in [1.54, 1.807) is 11.0 Å². The highest BCUT2D eigenvalue weighted by Gasteiger charge is 2.24. The molecule has 116 valence electrons. The van der Waals surface area contributed by atoms with Crippen molar-refractivity contribution in [1.82, 2.24) is 9.80 Å². The molecular formula is C15H23FN4O. The smallest absolute Gasteiger partial charge is 0.256 e. The van der Waals surface area contributed by atoms with Gasteiger partial charge in [-0.05, 0) is 18.1 Å². The number of nitrogens with one attached hydrogen (secondary N) is 1. The van der Waals surface area contributed by atoms with E-state index in [1.165, 1.54) is 12.1 Å². The van der Waals surface area contributed by atoms with Gasteiger partial charge in [0.1, 0.15) is 5.82 Å². The van der Waals surface area contributed by atoms with Crippen LogP contribution >= 0.6 is 0 Å². The van der Waals surface area contributed by atoms with Crippen LogP contribution < -0.4 is 11.3 Å². The van der Waals surface area contributed by atoms with Crippen molar-refractivity contribution in [2.45, 2.75) is 13.8 Å². The van der Waals surface area contributed by atoms with Gasteiger partial charge < -0.3 is 10.3 Å². The summed E-state index contributed by atoms with van der Waals surface area (Å²) >= 11 is 0. The topological polar surface area (TPSA) is 61.6 Å². The number of amides is 1. The Hall–Kier alpha value is -1.66. The van der Waals surface area contributed by atoms with Crippen LogP contribution in [-0.4, -0.2) is 48.4 Å². The van der Waals surface area contributed by atoms with Gasteiger partial charge in [0.05, 0.1) is 11.3 Å². The lowest BCUT2D eigenvalue weighted by molar-refractivity contribution is 0.0624. The maximum atomic E-state index is 13.7. The molecule has 1 amide bonds. The third kappa shape index (κ3) is 3.71. The number of carbonyl (C=O) groups excluding carboxylic acids is 1. The second-order valence-electron chi connectivity index (χ2n) is 5.79. The minimum atomic E-state index is -0.512. The summed E-state index contributed by atoms with van der Waals surface area (Å²) in [5.41, 5.74) is 2.63. The molecule has 0 aromatic heterocycles. The van der Waals surface area contributed by atoms with Gasteiger partial charge in [-0.3, -0.25) is 15.5 Å². The maximum Gasteiger partial charge on any atom is 0.256 e. The molecule has 1 aliphatic heterocycles. The van der Waals surface area contributed by atoms with E-state index < -0.39 is 5.82 Å². The standard InChI is InChI=1S/C15H23FN4O/c1-11(2)10-19-6-8-20(9-7-19)15(21)12-4-3-5-13(16)14(12)18-17/h3-5,11,18H,6-10,17H2,1-2H3. The van der Waals surface area contributed by atoms with Crippen molar-refractivity contribution in [3.05, 3.63) is 29.6 Å². The van der Waals surface area contributed by atoms with E-state index in [4.69, 9.17) is 5.84 Å². The molecule has 0 radical (unpaired) electrons. The summed E-state index contributed by atoms with van der Waals surface area (Å²) in [6.07, 6.45) is 0. The molecule has 2 rings (SSSR count). The van der Waals surface area contributed by atoms with Gasteiger partial charge in [-0.2, -0.15) is 0 Å². The number of hydrazine groups is 1. The van der Waals surface area contributed by atoms with Gasteiger partial charge >= 0.3 is 0 Å². The predicted molar refractivity (Wildman–Crippen MR) is 81.4 cm³/mol. The molecule has 0 aliphatic carbocycles. The maximum absolute atomic E-state index is 13.7. The first-order valence-corrected chi connectivity index (χ1v) is 7.29. The number of nitrogen functional groups attached to an aromatic ring is 1. The Morgan fingerprint density at radius 1 is 1.33 bits per heavy atom. The molecule has 0 bridgehead atoms. The van der Waals surface area contributed by atoms with E-state index in [9.17, 15) is 9.18 Å². The molecule has 21 heavy (non-hydrogen) atoms. The molecular weight excluding hydrogens is 271 g/mol. The number of piperazine rings is 1. The summed E-state index contributed by atoms with van der Waals surface area (Å²) in [6.45, 7) is 8.43. The molecule has 5 nitrogen and oxygen atoms in total. The van der Waals surface area contributed by atoms with Crippen LogP contribution in [0.3, 0.4) is 0 Å². The van der Waals surface area contributed by atoms with Crippen molar-refractivity contribution in [3.63, 3.8) is 0 Å². The number of halogens is 1. The number of nitrogens with zero attached hydrogens (tertiary/aromatic N) is 2. The number of nitrogens with two attached hydrogens (primary N) is 1. The average molecular weight is 294 g/mol. The van der Waals surface area contributed by atoms with Crippen LogP contribution in [0.2, 0.25) is 0 Å².